The van der Waals surface area contributed by atoms with Crippen molar-refractivity contribution in [3.63, 3.8) is 0 Å². The molecule has 0 bridgehead atoms. The van der Waals surface area contributed by atoms with Gasteiger partial charge in [-0.1, -0.05) is 30.3 Å². The zero-order valence-electron chi connectivity index (χ0n) is 7.90. The second-order valence-electron chi connectivity index (χ2n) is 3.21. The minimum Gasteiger partial charge on any atom is -0.384 e. The number of fused-ring (bicyclic) bond motifs is 1. The molecule has 0 saturated carbocycles. The zero-order chi connectivity index (χ0) is 9.97. The molecule has 2 rings (SSSR count). The quantitative estimate of drug-likeness (QED) is 0.728. The molecule has 2 nitrogen and oxygen atoms in total. The number of hydrogen-bond donors (Lipinski definition) is 1. The number of pyridine rings is 1. The topological polar surface area (TPSA) is 38.9 Å². The van der Waals surface area contributed by atoms with Gasteiger partial charge in [-0.2, -0.15) is 0 Å². The van der Waals surface area contributed by atoms with Crippen molar-refractivity contribution in [2.45, 2.75) is 6.42 Å². The summed E-state index contributed by atoms with van der Waals surface area (Å²) in [7, 11) is 0. The Morgan fingerprint density at radius 2 is 2.14 bits per heavy atom. The smallest absolute Gasteiger partial charge is 0.124 e. The van der Waals surface area contributed by atoms with Crippen molar-refractivity contribution in [2.75, 3.05) is 5.73 Å². The highest BCUT2D eigenvalue weighted by molar-refractivity contribution is 5.86. The number of anilines is 1. The fourth-order valence-electron chi connectivity index (χ4n) is 1.59. The van der Waals surface area contributed by atoms with Crippen LogP contribution in [0, 0.1) is 0 Å². The van der Waals surface area contributed by atoms with E-state index in [1.54, 1.807) is 0 Å². The zero-order valence-corrected chi connectivity index (χ0v) is 7.90. The van der Waals surface area contributed by atoms with Crippen LogP contribution in [0.5, 0.6) is 0 Å². The van der Waals surface area contributed by atoms with Crippen LogP contribution in [0.25, 0.3) is 10.8 Å². The summed E-state index contributed by atoms with van der Waals surface area (Å²) in [5.41, 5.74) is 6.71. The van der Waals surface area contributed by atoms with Crippen LogP contribution < -0.4 is 5.73 Å². The van der Waals surface area contributed by atoms with Crippen LogP contribution in [0.15, 0.2) is 43.0 Å². The molecular formula is C12H12N2. The lowest BCUT2D eigenvalue weighted by Crippen LogP contribution is -1.96. The molecular weight excluding hydrogens is 172 g/mol. The van der Waals surface area contributed by atoms with Gasteiger partial charge in [-0.25, -0.2) is 4.98 Å². The molecule has 2 aromatic rings. The molecule has 0 amide bonds. The number of aromatic nitrogens is 1. The lowest BCUT2D eigenvalue weighted by molar-refractivity contribution is 1.15. The van der Waals surface area contributed by atoms with E-state index in [0.29, 0.717) is 5.82 Å². The summed E-state index contributed by atoms with van der Waals surface area (Å²) in [4.78, 5) is 4.30. The molecule has 1 heterocycles. The predicted molar refractivity (Wildman–Crippen MR) is 60.1 cm³/mol. The third-order valence-electron chi connectivity index (χ3n) is 2.18. The highest BCUT2D eigenvalue weighted by atomic mass is 14.8. The SMILES string of the molecule is C=CCc1nc(N)cc2ccccc12. The number of benzene rings is 1. The van der Waals surface area contributed by atoms with Gasteiger partial charge in [0.15, 0.2) is 0 Å². The maximum absolute atomic E-state index is 5.71. The first-order valence-corrected chi connectivity index (χ1v) is 4.56. The molecule has 0 atom stereocenters. The summed E-state index contributed by atoms with van der Waals surface area (Å²) in [6, 6.07) is 9.99. The van der Waals surface area contributed by atoms with E-state index in [0.717, 1.165) is 22.9 Å². The van der Waals surface area contributed by atoms with Gasteiger partial charge in [0.1, 0.15) is 5.82 Å². The number of rotatable bonds is 2. The van der Waals surface area contributed by atoms with Crippen molar-refractivity contribution >= 4 is 16.6 Å². The van der Waals surface area contributed by atoms with E-state index in [-0.39, 0.29) is 0 Å². The summed E-state index contributed by atoms with van der Waals surface area (Å²) in [6.07, 6.45) is 2.60. The van der Waals surface area contributed by atoms with Gasteiger partial charge in [0.25, 0.3) is 0 Å². The van der Waals surface area contributed by atoms with Crippen LogP contribution in [0.1, 0.15) is 5.69 Å². The Kier molecular flexibility index (Phi) is 2.19. The first-order valence-electron chi connectivity index (χ1n) is 4.56. The van der Waals surface area contributed by atoms with E-state index in [1.165, 1.54) is 0 Å². The van der Waals surface area contributed by atoms with Crippen molar-refractivity contribution in [3.05, 3.63) is 48.7 Å². The van der Waals surface area contributed by atoms with Gasteiger partial charge in [0.2, 0.25) is 0 Å². The average Bonchev–Trinajstić information content (AvgIpc) is 2.18. The van der Waals surface area contributed by atoms with E-state index in [2.05, 4.69) is 17.6 Å². The Balaban J connectivity index is 2.73. The standard InChI is InChI=1S/C12H12N2/c1-2-5-11-10-7-4-3-6-9(10)8-12(13)14-11/h2-4,6-8H,1,5H2,(H2,13,14). The van der Waals surface area contributed by atoms with Crippen molar-refractivity contribution in [1.29, 1.82) is 0 Å². The van der Waals surface area contributed by atoms with Crippen molar-refractivity contribution in [3.8, 4) is 0 Å². The summed E-state index contributed by atoms with van der Waals surface area (Å²) in [6.45, 7) is 3.71. The van der Waals surface area contributed by atoms with Gasteiger partial charge >= 0.3 is 0 Å². The summed E-state index contributed by atoms with van der Waals surface area (Å²) in [5.74, 6) is 0.570. The monoisotopic (exact) mass is 184 g/mol. The molecule has 0 unspecified atom stereocenters. The fraction of sp³-hybridized carbons (Fsp3) is 0.0833. The van der Waals surface area contributed by atoms with Crippen molar-refractivity contribution < 1.29 is 0 Å². The van der Waals surface area contributed by atoms with E-state index in [1.807, 2.05) is 30.3 Å². The molecule has 14 heavy (non-hydrogen) atoms. The maximum Gasteiger partial charge on any atom is 0.124 e. The molecule has 0 spiro atoms. The molecule has 0 aliphatic heterocycles. The van der Waals surface area contributed by atoms with Gasteiger partial charge in [-0.3, -0.25) is 0 Å². The molecule has 0 aliphatic rings. The third-order valence-corrected chi connectivity index (χ3v) is 2.18. The summed E-state index contributed by atoms with van der Waals surface area (Å²) in [5, 5.41) is 2.29. The molecule has 0 saturated heterocycles. The maximum atomic E-state index is 5.71. The molecule has 2 N–H and O–H groups in total. The van der Waals surface area contributed by atoms with Gasteiger partial charge in [0, 0.05) is 11.8 Å². The van der Waals surface area contributed by atoms with Gasteiger partial charge in [0.05, 0.1) is 5.69 Å². The fourth-order valence-corrected chi connectivity index (χ4v) is 1.59. The van der Waals surface area contributed by atoms with Gasteiger partial charge < -0.3 is 5.73 Å². The molecule has 1 aromatic carbocycles. The van der Waals surface area contributed by atoms with Crippen LogP contribution in [0.2, 0.25) is 0 Å². The van der Waals surface area contributed by atoms with E-state index >= 15 is 0 Å². The third kappa shape index (κ3) is 1.46. The number of nitrogens with zero attached hydrogens (tertiary/aromatic N) is 1. The highest BCUT2D eigenvalue weighted by Gasteiger charge is 2.01. The van der Waals surface area contributed by atoms with Gasteiger partial charge in [-0.15, -0.1) is 6.58 Å². The van der Waals surface area contributed by atoms with Crippen molar-refractivity contribution in [2.24, 2.45) is 0 Å². The number of nitrogen functional groups attached to an aromatic ring is 1. The number of hydrogen-bond acceptors (Lipinski definition) is 2. The highest BCUT2D eigenvalue weighted by Crippen LogP contribution is 2.19. The van der Waals surface area contributed by atoms with E-state index < -0.39 is 0 Å². The molecule has 70 valence electrons. The first kappa shape index (κ1) is 8.75. The molecule has 0 radical (unpaired) electrons. The van der Waals surface area contributed by atoms with Crippen LogP contribution in [0.4, 0.5) is 5.82 Å². The Labute approximate surface area is 83.1 Å². The van der Waals surface area contributed by atoms with E-state index in [9.17, 15) is 0 Å². The lowest BCUT2D eigenvalue weighted by Gasteiger charge is -2.04. The summed E-state index contributed by atoms with van der Waals surface area (Å²) < 4.78 is 0. The average molecular weight is 184 g/mol. The van der Waals surface area contributed by atoms with Gasteiger partial charge in [-0.05, 0) is 11.5 Å². The Hall–Kier alpha value is -1.83. The second-order valence-corrected chi connectivity index (χ2v) is 3.21. The predicted octanol–water partition coefficient (Wildman–Crippen LogP) is 2.55. The Morgan fingerprint density at radius 3 is 2.93 bits per heavy atom. The minimum atomic E-state index is 0.570. The first-order chi connectivity index (χ1) is 6.81. The Bertz CT molecular complexity index is 475. The molecule has 0 fully saturated rings. The Morgan fingerprint density at radius 1 is 1.36 bits per heavy atom. The summed E-state index contributed by atoms with van der Waals surface area (Å²) >= 11 is 0. The second kappa shape index (κ2) is 3.50. The van der Waals surface area contributed by atoms with E-state index in [4.69, 9.17) is 5.73 Å². The largest absolute Gasteiger partial charge is 0.384 e. The number of allylic oxidation sites excluding steroid dienone is 1. The van der Waals surface area contributed by atoms with Crippen LogP contribution in [-0.4, -0.2) is 4.98 Å². The van der Waals surface area contributed by atoms with Crippen molar-refractivity contribution in [1.82, 2.24) is 4.98 Å². The number of nitrogens with two attached hydrogens (primary N) is 1. The molecule has 1 aromatic heterocycles. The lowest BCUT2D eigenvalue weighted by atomic mass is 10.1. The van der Waals surface area contributed by atoms with Crippen LogP contribution in [0.3, 0.4) is 0 Å². The molecule has 0 aliphatic carbocycles. The minimum absolute atomic E-state index is 0.570. The normalized spacial score (nSPS) is 10.3. The molecule has 2 heteroatoms. The van der Waals surface area contributed by atoms with Crippen LogP contribution in [-0.2, 0) is 6.42 Å². The van der Waals surface area contributed by atoms with Crippen LogP contribution >= 0.6 is 0 Å².